The molecule has 0 unspecified atom stereocenters. The summed E-state index contributed by atoms with van der Waals surface area (Å²) < 4.78 is 0. The first kappa shape index (κ1) is 19.3. The topological polar surface area (TPSA) is 101 Å². The van der Waals surface area contributed by atoms with Crippen molar-refractivity contribution in [2.24, 2.45) is 5.73 Å². The molecule has 0 spiro atoms. The number of imide groups is 1. The summed E-state index contributed by atoms with van der Waals surface area (Å²) in [5.41, 5.74) is 8.37. The molecule has 0 bridgehead atoms. The predicted molar refractivity (Wildman–Crippen MR) is 99.0 cm³/mol. The number of aryl methyl sites for hydroxylation is 1. The number of nitrogens with two attached hydrogens (primary N) is 1. The highest BCUT2D eigenvalue weighted by Crippen LogP contribution is 2.09. The second-order valence-corrected chi connectivity index (χ2v) is 6.20. The Labute approximate surface area is 152 Å². The number of hydrogen-bond acceptors (Lipinski definition) is 4. The zero-order valence-electron chi connectivity index (χ0n) is 14.9. The van der Waals surface area contributed by atoms with Crippen LogP contribution in [0.25, 0.3) is 0 Å². The lowest BCUT2D eigenvalue weighted by Crippen LogP contribution is -2.49. The minimum absolute atomic E-state index is 0.163. The lowest BCUT2D eigenvalue weighted by atomic mass is 10.1. The highest BCUT2D eigenvalue weighted by atomic mass is 16.2. The minimum Gasteiger partial charge on any atom is -0.344 e. The Balaban J connectivity index is 1.86. The van der Waals surface area contributed by atoms with Gasteiger partial charge in [0.2, 0.25) is 17.7 Å². The first-order valence-electron chi connectivity index (χ1n) is 8.37. The Morgan fingerprint density at radius 3 is 2.35 bits per heavy atom. The lowest BCUT2D eigenvalue weighted by Gasteiger charge is -2.16. The van der Waals surface area contributed by atoms with Gasteiger partial charge in [0.05, 0.1) is 6.42 Å². The molecule has 3 amide bonds. The van der Waals surface area contributed by atoms with Crippen molar-refractivity contribution in [2.75, 3.05) is 0 Å². The Bertz CT molecular complexity index is 790. The largest absolute Gasteiger partial charge is 0.344 e. The SMILES string of the molecule is Cc1cccc(CC(=O)N[C@@H](C)C(=O)NC(=O)[C@H](N)c2ccccc2)c1. The van der Waals surface area contributed by atoms with Crippen LogP contribution in [-0.4, -0.2) is 23.8 Å². The maximum Gasteiger partial charge on any atom is 0.248 e. The normalized spacial score (nSPS) is 12.7. The maximum atomic E-state index is 12.1. The Morgan fingerprint density at radius 1 is 1.00 bits per heavy atom. The van der Waals surface area contributed by atoms with E-state index in [4.69, 9.17) is 5.73 Å². The van der Waals surface area contributed by atoms with Gasteiger partial charge >= 0.3 is 0 Å². The number of hydrogen-bond donors (Lipinski definition) is 3. The van der Waals surface area contributed by atoms with Crippen LogP contribution in [0.2, 0.25) is 0 Å². The summed E-state index contributed by atoms with van der Waals surface area (Å²) in [6, 6.07) is 14.5. The van der Waals surface area contributed by atoms with E-state index in [0.29, 0.717) is 5.56 Å². The van der Waals surface area contributed by atoms with Gasteiger partial charge in [-0.1, -0.05) is 60.2 Å². The van der Waals surface area contributed by atoms with Gasteiger partial charge in [0.25, 0.3) is 0 Å². The van der Waals surface area contributed by atoms with Crippen LogP contribution in [0.15, 0.2) is 54.6 Å². The van der Waals surface area contributed by atoms with Gasteiger partial charge in [0.1, 0.15) is 12.1 Å². The molecule has 0 saturated heterocycles. The molecule has 0 saturated carbocycles. The molecule has 136 valence electrons. The van der Waals surface area contributed by atoms with Crippen molar-refractivity contribution in [1.29, 1.82) is 0 Å². The molecular weight excluding hydrogens is 330 g/mol. The maximum absolute atomic E-state index is 12.1. The smallest absolute Gasteiger partial charge is 0.248 e. The summed E-state index contributed by atoms with van der Waals surface area (Å²) in [5, 5.41) is 4.83. The van der Waals surface area contributed by atoms with Gasteiger partial charge < -0.3 is 11.1 Å². The fourth-order valence-electron chi connectivity index (χ4n) is 2.48. The van der Waals surface area contributed by atoms with Gasteiger partial charge in [-0.2, -0.15) is 0 Å². The van der Waals surface area contributed by atoms with Crippen molar-refractivity contribution < 1.29 is 14.4 Å². The summed E-state index contributed by atoms with van der Waals surface area (Å²) in [4.78, 5) is 36.3. The number of carbonyl (C=O) groups excluding carboxylic acids is 3. The molecule has 0 aliphatic heterocycles. The van der Waals surface area contributed by atoms with Gasteiger partial charge in [-0.15, -0.1) is 0 Å². The Morgan fingerprint density at radius 2 is 1.69 bits per heavy atom. The van der Waals surface area contributed by atoms with E-state index < -0.39 is 23.9 Å². The van der Waals surface area contributed by atoms with Crippen molar-refractivity contribution in [3.05, 3.63) is 71.3 Å². The molecule has 26 heavy (non-hydrogen) atoms. The fourth-order valence-corrected chi connectivity index (χ4v) is 2.48. The van der Waals surface area contributed by atoms with Crippen molar-refractivity contribution in [1.82, 2.24) is 10.6 Å². The van der Waals surface area contributed by atoms with Gasteiger partial charge in [0.15, 0.2) is 0 Å². The van der Waals surface area contributed by atoms with Crippen molar-refractivity contribution >= 4 is 17.7 Å². The number of carbonyl (C=O) groups is 3. The number of benzene rings is 2. The molecule has 2 rings (SSSR count). The quantitative estimate of drug-likeness (QED) is 0.730. The molecule has 0 heterocycles. The molecule has 0 aromatic heterocycles. The van der Waals surface area contributed by atoms with E-state index in [1.807, 2.05) is 37.3 Å². The van der Waals surface area contributed by atoms with E-state index in [-0.39, 0.29) is 12.3 Å². The van der Waals surface area contributed by atoms with Gasteiger partial charge in [-0.3, -0.25) is 19.7 Å². The molecule has 0 fully saturated rings. The Kier molecular flexibility index (Phi) is 6.63. The third-order valence-corrected chi connectivity index (χ3v) is 3.91. The molecule has 6 heteroatoms. The van der Waals surface area contributed by atoms with Gasteiger partial charge in [0, 0.05) is 0 Å². The van der Waals surface area contributed by atoms with Crippen LogP contribution in [0.5, 0.6) is 0 Å². The number of rotatable bonds is 6. The lowest BCUT2D eigenvalue weighted by molar-refractivity contribution is -0.134. The van der Waals surface area contributed by atoms with E-state index >= 15 is 0 Å². The third-order valence-electron chi connectivity index (χ3n) is 3.91. The van der Waals surface area contributed by atoms with Crippen LogP contribution < -0.4 is 16.4 Å². The zero-order valence-corrected chi connectivity index (χ0v) is 14.9. The monoisotopic (exact) mass is 353 g/mol. The summed E-state index contributed by atoms with van der Waals surface area (Å²) in [6.07, 6.45) is 0.163. The first-order chi connectivity index (χ1) is 12.4. The molecule has 2 aromatic carbocycles. The molecule has 2 atom stereocenters. The average Bonchev–Trinajstić information content (AvgIpc) is 2.61. The van der Waals surface area contributed by atoms with Crippen LogP contribution in [0.3, 0.4) is 0 Å². The van der Waals surface area contributed by atoms with Crippen molar-refractivity contribution in [2.45, 2.75) is 32.4 Å². The van der Waals surface area contributed by atoms with Crippen LogP contribution in [-0.2, 0) is 20.8 Å². The second kappa shape index (κ2) is 8.92. The van der Waals surface area contributed by atoms with Gasteiger partial charge in [-0.25, -0.2) is 0 Å². The van der Waals surface area contributed by atoms with Crippen LogP contribution in [0, 0.1) is 6.92 Å². The minimum atomic E-state index is -0.949. The zero-order chi connectivity index (χ0) is 19.1. The summed E-state index contributed by atoms with van der Waals surface area (Å²) in [7, 11) is 0. The number of amides is 3. The van der Waals surface area contributed by atoms with Crippen LogP contribution in [0.4, 0.5) is 0 Å². The highest BCUT2D eigenvalue weighted by Gasteiger charge is 2.22. The predicted octanol–water partition coefficient (Wildman–Crippen LogP) is 1.39. The van der Waals surface area contributed by atoms with Crippen LogP contribution in [0.1, 0.15) is 29.7 Å². The molecule has 6 nitrogen and oxygen atoms in total. The van der Waals surface area contributed by atoms with E-state index in [0.717, 1.165) is 11.1 Å². The summed E-state index contributed by atoms with van der Waals surface area (Å²) in [5.74, 6) is -1.50. The molecule has 4 N–H and O–H groups in total. The summed E-state index contributed by atoms with van der Waals surface area (Å²) in [6.45, 7) is 3.46. The van der Waals surface area contributed by atoms with Crippen molar-refractivity contribution in [3.8, 4) is 0 Å². The Hall–Kier alpha value is -2.99. The van der Waals surface area contributed by atoms with E-state index in [9.17, 15) is 14.4 Å². The standard InChI is InChI=1S/C20H23N3O3/c1-13-7-6-8-15(11-13)12-17(24)22-14(2)19(25)23-20(26)18(21)16-9-4-3-5-10-16/h3-11,14,18H,12,21H2,1-2H3,(H,22,24)(H,23,25,26)/t14-,18+/m0/s1. The molecule has 2 aromatic rings. The second-order valence-electron chi connectivity index (χ2n) is 6.20. The summed E-state index contributed by atoms with van der Waals surface area (Å²) >= 11 is 0. The highest BCUT2D eigenvalue weighted by molar-refractivity contribution is 6.01. The van der Waals surface area contributed by atoms with Gasteiger partial charge in [-0.05, 0) is 25.0 Å². The van der Waals surface area contributed by atoms with E-state index in [1.54, 1.807) is 24.3 Å². The number of nitrogens with one attached hydrogen (secondary N) is 2. The van der Waals surface area contributed by atoms with Crippen molar-refractivity contribution in [3.63, 3.8) is 0 Å². The molecule has 0 aliphatic rings. The third kappa shape index (κ3) is 5.53. The molecule has 0 radical (unpaired) electrons. The van der Waals surface area contributed by atoms with E-state index in [2.05, 4.69) is 10.6 Å². The molecule has 0 aliphatic carbocycles. The average molecular weight is 353 g/mol. The van der Waals surface area contributed by atoms with E-state index in [1.165, 1.54) is 6.92 Å². The molecular formula is C20H23N3O3. The van der Waals surface area contributed by atoms with Crippen LogP contribution >= 0.6 is 0 Å². The first-order valence-corrected chi connectivity index (χ1v) is 8.37. The fraction of sp³-hybridized carbons (Fsp3) is 0.250.